The number of sulfonamides is 1. The number of carbonyl (C=O) groups excluding carboxylic acids is 1. The van der Waals surface area contributed by atoms with Crippen LogP contribution >= 0.6 is 0 Å². The van der Waals surface area contributed by atoms with Crippen LogP contribution in [0.25, 0.3) is 0 Å². The van der Waals surface area contributed by atoms with E-state index in [9.17, 15) is 17.6 Å². The van der Waals surface area contributed by atoms with E-state index in [0.717, 1.165) is 5.56 Å². The Morgan fingerprint density at radius 2 is 1.70 bits per heavy atom. The lowest BCUT2D eigenvalue weighted by Gasteiger charge is -2.17. The number of aryl methyl sites for hydroxylation is 3. The van der Waals surface area contributed by atoms with Gasteiger partial charge in [-0.25, -0.2) is 17.5 Å². The molecule has 0 saturated carbocycles. The fraction of sp³-hybridized carbons (Fsp3) is 0.350. The topological polar surface area (TPSA) is 66.5 Å². The molecule has 5 nitrogen and oxygen atoms in total. The minimum Gasteiger partial charge on any atom is -0.312 e. The van der Waals surface area contributed by atoms with E-state index in [1.807, 2.05) is 19.1 Å². The van der Waals surface area contributed by atoms with Gasteiger partial charge in [0, 0.05) is 25.2 Å². The van der Waals surface area contributed by atoms with Crippen molar-refractivity contribution in [3.63, 3.8) is 0 Å². The second-order valence-corrected chi connectivity index (χ2v) is 8.83. The smallest absolute Gasteiger partial charge is 0.241 e. The Morgan fingerprint density at radius 3 is 2.30 bits per heavy atom. The van der Waals surface area contributed by atoms with E-state index >= 15 is 0 Å². The predicted molar refractivity (Wildman–Crippen MR) is 103 cm³/mol. The van der Waals surface area contributed by atoms with Gasteiger partial charge in [-0.1, -0.05) is 17.7 Å². The van der Waals surface area contributed by atoms with E-state index in [0.29, 0.717) is 28.3 Å². The molecule has 0 spiro atoms. The van der Waals surface area contributed by atoms with Gasteiger partial charge in [0.15, 0.2) is 0 Å². The Hall–Kier alpha value is -2.25. The molecule has 2 aromatic rings. The van der Waals surface area contributed by atoms with Gasteiger partial charge in [0.25, 0.3) is 0 Å². The fourth-order valence-electron chi connectivity index (χ4n) is 3.68. The number of hydrogen-bond acceptors (Lipinski definition) is 3. The fourth-order valence-corrected chi connectivity index (χ4v) is 5.24. The van der Waals surface area contributed by atoms with Crippen LogP contribution in [0, 0.1) is 32.5 Å². The number of anilines is 1. The first-order valence-corrected chi connectivity index (χ1v) is 10.3. The maximum Gasteiger partial charge on any atom is 0.241 e. The first kappa shape index (κ1) is 19.5. The third-order valence-electron chi connectivity index (χ3n) is 4.78. The molecule has 2 aromatic carbocycles. The molecule has 1 aliphatic heterocycles. The van der Waals surface area contributed by atoms with E-state index in [1.165, 1.54) is 12.1 Å². The van der Waals surface area contributed by atoms with Crippen molar-refractivity contribution in [1.29, 1.82) is 0 Å². The monoisotopic (exact) mass is 390 g/mol. The number of nitrogens with one attached hydrogen (secondary N) is 1. The predicted octanol–water partition coefficient (Wildman–Crippen LogP) is 3.08. The molecule has 0 unspecified atom stereocenters. The highest BCUT2D eigenvalue weighted by Gasteiger charge is 2.32. The van der Waals surface area contributed by atoms with E-state index in [-0.39, 0.29) is 30.6 Å². The van der Waals surface area contributed by atoms with Gasteiger partial charge in [0.05, 0.1) is 4.90 Å². The summed E-state index contributed by atoms with van der Waals surface area (Å²) in [5.41, 5.74) is 3.04. The summed E-state index contributed by atoms with van der Waals surface area (Å²) in [5.74, 6) is -0.588. The summed E-state index contributed by atoms with van der Waals surface area (Å²) >= 11 is 0. The maximum atomic E-state index is 13.1. The molecule has 27 heavy (non-hydrogen) atoms. The first-order chi connectivity index (χ1) is 12.7. The first-order valence-electron chi connectivity index (χ1n) is 8.81. The number of carbonyl (C=O) groups is 1. The molecule has 7 heteroatoms. The molecule has 0 bridgehead atoms. The summed E-state index contributed by atoms with van der Waals surface area (Å²) < 4.78 is 41.2. The lowest BCUT2D eigenvalue weighted by Crippen LogP contribution is -2.32. The summed E-state index contributed by atoms with van der Waals surface area (Å²) in [4.78, 5) is 14.1. The summed E-state index contributed by atoms with van der Waals surface area (Å²) in [6.07, 6.45) is 0.256. The highest BCUT2D eigenvalue weighted by Crippen LogP contribution is 2.26. The number of amides is 1. The van der Waals surface area contributed by atoms with Crippen molar-refractivity contribution in [2.45, 2.75) is 32.1 Å². The number of hydrogen-bond donors (Lipinski definition) is 1. The molecule has 0 aromatic heterocycles. The molecule has 1 N–H and O–H groups in total. The third-order valence-corrected chi connectivity index (χ3v) is 6.51. The second-order valence-electron chi connectivity index (χ2n) is 7.13. The standard InChI is InChI=1S/C20H23FN2O3S/c1-13-8-14(2)20(15(3)9-13)27(25,26)22-11-16-10-19(24)23(12-16)18-6-4-17(21)5-7-18/h4-9,16,22H,10-12H2,1-3H3/t16-/m0/s1. The van der Waals surface area contributed by atoms with Crippen molar-refractivity contribution in [3.8, 4) is 0 Å². The van der Waals surface area contributed by atoms with Crippen LogP contribution in [-0.4, -0.2) is 27.4 Å². The summed E-state index contributed by atoms with van der Waals surface area (Å²) in [5, 5.41) is 0. The molecule has 3 rings (SSSR count). The van der Waals surface area contributed by atoms with Crippen LogP contribution in [0.2, 0.25) is 0 Å². The zero-order valence-electron chi connectivity index (χ0n) is 15.6. The van der Waals surface area contributed by atoms with Crippen molar-refractivity contribution in [1.82, 2.24) is 4.72 Å². The Bertz CT molecular complexity index is 948. The van der Waals surface area contributed by atoms with E-state index in [4.69, 9.17) is 0 Å². The Kier molecular flexibility index (Phi) is 5.35. The third kappa shape index (κ3) is 4.20. The maximum absolute atomic E-state index is 13.1. The second kappa shape index (κ2) is 7.40. The van der Waals surface area contributed by atoms with Crippen LogP contribution in [0.1, 0.15) is 23.1 Å². The van der Waals surface area contributed by atoms with Gasteiger partial charge in [-0.3, -0.25) is 4.79 Å². The lowest BCUT2D eigenvalue weighted by molar-refractivity contribution is -0.117. The van der Waals surface area contributed by atoms with Gasteiger partial charge in [-0.2, -0.15) is 0 Å². The Labute approximate surface area is 159 Å². The van der Waals surface area contributed by atoms with Gasteiger partial charge in [0.2, 0.25) is 15.9 Å². The number of halogens is 1. The number of benzene rings is 2. The Balaban J connectivity index is 1.70. The van der Waals surface area contributed by atoms with Gasteiger partial charge in [-0.15, -0.1) is 0 Å². The minimum absolute atomic E-state index is 0.0893. The largest absolute Gasteiger partial charge is 0.312 e. The molecule has 144 valence electrons. The highest BCUT2D eigenvalue weighted by atomic mass is 32.2. The summed E-state index contributed by atoms with van der Waals surface area (Å²) in [6, 6.07) is 9.41. The van der Waals surface area contributed by atoms with Gasteiger partial charge < -0.3 is 4.90 Å². The lowest BCUT2D eigenvalue weighted by atomic mass is 10.1. The summed E-state index contributed by atoms with van der Waals surface area (Å²) in [6.45, 7) is 6.07. The minimum atomic E-state index is -3.66. The van der Waals surface area contributed by atoms with Crippen molar-refractivity contribution < 1.29 is 17.6 Å². The van der Waals surface area contributed by atoms with Crippen molar-refractivity contribution in [2.24, 2.45) is 5.92 Å². The Morgan fingerprint density at radius 1 is 1.11 bits per heavy atom. The number of rotatable bonds is 5. The molecular formula is C20H23FN2O3S. The van der Waals surface area contributed by atoms with E-state index in [2.05, 4.69) is 4.72 Å². The molecule has 0 aliphatic carbocycles. The van der Waals surface area contributed by atoms with Crippen LogP contribution in [-0.2, 0) is 14.8 Å². The molecule has 1 heterocycles. The van der Waals surface area contributed by atoms with Crippen LogP contribution in [0.3, 0.4) is 0 Å². The SMILES string of the molecule is Cc1cc(C)c(S(=O)(=O)NC[C@@H]2CC(=O)N(c3ccc(F)cc3)C2)c(C)c1. The molecule has 1 saturated heterocycles. The van der Waals surface area contributed by atoms with Crippen LogP contribution < -0.4 is 9.62 Å². The molecule has 1 amide bonds. The van der Waals surface area contributed by atoms with E-state index in [1.54, 1.807) is 30.9 Å². The van der Waals surface area contributed by atoms with Gasteiger partial charge >= 0.3 is 0 Å². The van der Waals surface area contributed by atoms with Crippen LogP contribution in [0.15, 0.2) is 41.3 Å². The highest BCUT2D eigenvalue weighted by molar-refractivity contribution is 7.89. The molecular weight excluding hydrogens is 367 g/mol. The molecule has 1 atom stereocenters. The zero-order valence-corrected chi connectivity index (χ0v) is 16.4. The van der Waals surface area contributed by atoms with Crippen LogP contribution in [0.5, 0.6) is 0 Å². The van der Waals surface area contributed by atoms with Crippen molar-refractivity contribution in [2.75, 3.05) is 18.0 Å². The van der Waals surface area contributed by atoms with Crippen molar-refractivity contribution in [3.05, 3.63) is 58.9 Å². The summed E-state index contributed by atoms with van der Waals surface area (Å²) in [7, 11) is -3.66. The molecule has 0 radical (unpaired) electrons. The number of nitrogens with zero attached hydrogens (tertiary/aromatic N) is 1. The van der Waals surface area contributed by atoms with Crippen molar-refractivity contribution >= 4 is 21.6 Å². The quantitative estimate of drug-likeness (QED) is 0.853. The molecule has 1 fully saturated rings. The van der Waals surface area contributed by atoms with Gasteiger partial charge in [-0.05, 0) is 62.1 Å². The molecule has 1 aliphatic rings. The van der Waals surface area contributed by atoms with Crippen LogP contribution in [0.4, 0.5) is 10.1 Å². The normalized spacial score (nSPS) is 17.6. The zero-order chi connectivity index (χ0) is 19.8. The van der Waals surface area contributed by atoms with Gasteiger partial charge in [0.1, 0.15) is 5.82 Å². The van der Waals surface area contributed by atoms with E-state index < -0.39 is 10.0 Å². The average molecular weight is 390 g/mol. The average Bonchev–Trinajstić information content (AvgIpc) is 2.93.